The molecule has 1 saturated carbocycles. The Morgan fingerprint density at radius 1 is 0.968 bits per heavy atom. The van der Waals surface area contributed by atoms with E-state index < -0.39 is 0 Å². The van der Waals surface area contributed by atoms with Crippen LogP contribution in [0, 0.1) is 18.8 Å². The van der Waals surface area contributed by atoms with Crippen LogP contribution in [0.25, 0.3) is 6.08 Å². The number of benzene rings is 2. The van der Waals surface area contributed by atoms with Crippen molar-refractivity contribution in [2.75, 3.05) is 0 Å². The molecule has 1 heterocycles. The first kappa shape index (κ1) is 21.4. The van der Waals surface area contributed by atoms with Gasteiger partial charge in [-0.05, 0) is 85.3 Å². The van der Waals surface area contributed by atoms with Crippen molar-refractivity contribution in [2.24, 2.45) is 0 Å². The predicted octanol–water partition coefficient (Wildman–Crippen LogP) is 6.72. The van der Waals surface area contributed by atoms with Crippen molar-refractivity contribution in [2.45, 2.75) is 50.5 Å². The minimum atomic E-state index is 0.814. The van der Waals surface area contributed by atoms with Crippen LogP contribution < -0.4 is 4.72 Å². The summed E-state index contributed by atoms with van der Waals surface area (Å²) in [6.07, 6.45) is 13.0. The molecule has 0 amide bonds. The fraction of sp³-hybridized carbons (Fsp3) is 0.250. The maximum atomic E-state index is 4.50. The van der Waals surface area contributed by atoms with Crippen LogP contribution in [-0.4, -0.2) is 4.98 Å². The summed E-state index contributed by atoms with van der Waals surface area (Å²) < 4.78 is 3.47. The number of nitrogens with one attached hydrogen (secondary N) is 1. The average molecular weight is 425 g/mol. The molecule has 3 heteroatoms. The van der Waals surface area contributed by atoms with Gasteiger partial charge in [0.25, 0.3) is 0 Å². The maximum absolute atomic E-state index is 4.50. The third-order valence-electron chi connectivity index (χ3n) is 5.03. The molecule has 0 atom stereocenters. The Bertz CT molecular complexity index is 1100. The quantitative estimate of drug-likeness (QED) is 0.372. The van der Waals surface area contributed by atoms with Gasteiger partial charge < -0.3 is 0 Å². The third kappa shape index (κ3) is 6.85. The highest BCUT2D eigenvalue weighted by Crippen LogP contribution is 2.22. The summed E-state index contributed by atoms with van der Waals surface area (Å²) in [5.41, 5.74) is 7.10. The van der Waals surface area contributed by atoms with Gasteiger partial charge >= 0.3 is 0 Å². The Kier molecular flexibility index (Phi) is 7.60. The lowest BCUT2D eigenvalue weighted by atomic mass is 9.98. The van der Waals surface area contributed by atoms with Crippen molar-refractivity contribution in [1.29, 1.82) is 0 Å². The van der Waals surface area contributed by atoms with Gasteiger partial charge in [-0.1, -0.05) is 55.4 Å². The summed E-state index contributed by atoms with van der Waals surface area (Å²) in [6.45, 7) is 2.90. The van der Waals surface area contributed by atoms with Gasteiger partial charge in [0.15, 0.2) is 0 Å². The Morgan fingerprint density at radius 3 is 2.55 bits per heavy atom. The summed E-state index contributed by atoms with van der Waals surface area (Å²) in [5, 5.41) is 0. The zero-order valence-electron chi connectivity index (χ0n) is 18.0. The molecule has 156 valence electrons. The van der Waals surface area contributed by atoms with E-state index in [1.807, 2.05) is 18.3 Å². The van der Waals surface area contributed by atoms with Crippen LogP contribution in [0.4, 0.5) is 0 Å². The van der Waals surface area contributed by atoms with Crippen LogP contribution in [0.3, 0.4) is 0 Å². The molecule has 0 spiro atoms. The Morgan fingerprint density at radius 2 is 1.77 bits per heavy atom. The first-order valence-corrected chi connectivity index (χ1v) is 11.8. The summed E-state index contributed by atoms with van der Waals surface area (Å²) in [7, 11) is 0. The van der Waals surface area contributed by atoms with Crippen LogP contribution >= 0.6 is 11.9 Å². The molecule has 0 bridgehead atoms. The van der Waals surface area contributed by atoms with E-state index in [2.05, 4.69) is 83.1 Å². The number of hydrogen-bond donors (Lipinski definition) is 1. The Balaban J connectivity index is 0.000000710. The molecule has 1 N–H and O–H groups in total. The van der Waals surface area contributed by atoms with Gasteiger partial charge in [-0.15, -0.1) is 0 Å². The lowest BCUT2D eigenvalue weighted by molar-refractivity contribution is 0.894. The van der Waals surface area contributed by atoms with Crippen molar-refractivity contribution in [3.63, 3.8) is 0 Å². The minimum Gasteiger partial charge on any atom is -0.261 e. The zero-order chi connectivity index (χ0) is 21.3. The fourth-order valence-corrected chi connectivity index (χ4v) is 3.88. The number of fused-ring (bicyclic) bond motifs is 1. The molecular weight excluding hydrogens is 396 g/mol. The first-order chi connectivity index (χ1) is 15.3. The normalized spacial score (nSPS) is 13.3. The number of rotatable bonds is 4. The van der Waals surface area contributed by atoms with Crippen molar-refractivity contribution >= 4 is 18.0 Å². The summed E-state index contributed by atoms with van der Waals surface area (Å²) in [6, 6.07) is 18.7. The van der Waals surface area contributed by atoms with Crippen LogP contribution in [0.2, 0.25) is 0 Å². The number of pyridine rings is 1. The van der Waals surface area contributed by atoms with Crippen LogP contribution in [-0.2, 0) is 13.0 Å². The maximum Gasteiger partial charge on any atom is 0.0482 e. The second-order valence-corrected chi connectivity index (χ2v) is 8.86. The van der Waals surface area contributed by atoms with Crippen LogP contribution in [0.15, 0.2) is 71.8 Å². The highest BCUT2D eigenvalue weighted by atomic mass is 32.2. The van der Waals surface area contributed by atoms with Crippen LogP contribution in [0.1, 0.15) is 59.2 Å². The van der Waals surface area contributed by atoms with Crippen molar-refractivity contribution in [3.8, 4) is 11.8 Å². The second-order valence-electron chi connectivity index (χ2n) is 7.90. The monoisotopic (exact) mass is 424 g/mol. The fourth-order valence-electron chi connectivity index (χ4n) is 3.21. The van der Waals surface area contributed by atoms with Gasteiger partial charge in [0.05, 0.1) is 0 Å². The molecule has 2 aromatic carbocycles. The molecule has 0 saturated heterocycles. The molecular formula is C28H28N2S. The molecule has 2 nitrogen and oxygen atoms in total. The predicted molar refractivity (Wildman–Crippen MR) is 132 cm³/mol. The topological polar surface area (TPSA) is 24.9 Å². The lowest BCUT2D eigenvalue weighted by Crippen LogP contribution is -2.08. The van der Waals surface area contributed by atoms with E-state index in [0.29, 0.717) is 0 Å². The molecule has 5 rings (SSSR count). The highest BCUT2D eigenvalue weighted by Gasteiger charge is 2.09. The second kappa shape index (κ2) is 11.0. The van der Waals surface area contributed by atoms with E-state index in [1.165, 1.54) is 46.5 Å². The molecule has 0 unspecified atom stereocenters. The largest absolute Gasteiger partial charge is 0.261 e. The van der Waals surface area contributed by atoms with E-state index in [9.17, 15) is 0 Å². The SMILES string of the molecule is C1CC1.Cc1cccc(C#Cc2ccc(SNCc3ccnc4c3C=CCC4)cc2)c1. The van der Waals surface area contributed by atoms with Crippen LogP contribution in [0.5, 0.6) is 0 Å². The van der Waals surface area contributed by atoms with E-state index in [0.717, 1.165) is 30.5 Å². The molecule has 31 heavy (non-hydrogen) atoms. The molecule has 3 aromatic rings. The number of aryl methyl sites for hydroxylation is 2. The molecule has 1 fully saturated rings. The number of aromatic nitrogens is 1. The molecule has 0 radical (unpaired) electrons. The van der Waals surface area contributed by atoms with E-state index in [1.54, 1.807) is 11.9 Å². The van der Waals surface area contributed by atoms with Crippen molar-refractivity contribution in [3.05, 3.63) is 100 Å². The molecule has 0 aliphatic heterocycles. The zero-order valence-corrected chi connectivity index (χ0v) is 18.8. The molecule has 2 aliphatic rings. The standard InChI is InChI=1S/C25H22N2S.C3H6/c1-19-5-4-6-21(17-19)10-9-20-11-13-23(14-12-20)28-27-18-22-15-16-26-25-8-3-2-7-24(22)25;1-2-3-1/h2,4-7,11-17,27H,3,8,18H2,1H3;1-3H2. The summed E-state index contributed by atoms with van der Waals surface area (Å²) in [5.74, 6) is 6.47. The molecule has 1 aromatic heterocycles. The van der Waals surface area contributed by atoms with Crippen molar-refractivity contribution < 1.29 is 0 Å². The third-order valence-corrected chi connectivity index (χ3v) is 5.82. The first-order valence-electron chi connectivity index (χ1n) is 11.0. The Labute approximate surface area is 190 Å². The van der Waals surface area contributed by atoms with Gasteiger partial charge in [0, 0.05) is 40.0 Å². The summed E-state index contributed by atoms with van der Waals surface area (Å²) >= 11 is 1.65. The highest BCUT2D eigenvalue weighted by molar-refractivity contribution is 7.97. The van der Waals surface area contributed by atoms with Crippen molar-refractivity contribution in [1.82, 2.24) is 9.71 Å². The molecule has 2 aliphatic carbocycles. The smallest absolute Gasteiger partial charge is 0.0482 e. The van der Waals surface area contributed by atoms with E-state index >= 15 is 0 Å². The van der Waals surface area contributed by atoms with E-state index in [-0.39, 0.29) is 0 Å². The van der Waals surface area contributed by atoms with Gasteiger partial charge in [-0.2, -0.15) is 0 Å². The minimum absolute atomic E-state index is 0.814. The van der Waals surface area contributed by atoms with E-state index in [4.69, 9.17) is 0 Å². The Hall–Kier alpha value is -2.80. The number of hydrogen-bond acceptors (Lipinski definition) is 3. The lowest BCUT2D eigenvalue weighted by Gasteiger charge is -2.14. The van der Waals surface area contributed by atoms with Gasteiger partial charge in [0.1, 0.15) is 0 Å². The van der Waals surface area contributed by atoms with Gasteiger partial charge in [-0.3, -0.25) is 9.71 Å². The average Bonchev–Trinajstić information content (AvgIpc) is 3.69. The number of allylic oxidation sites excluding steroid dienone is 1. The number of nitrogens with zero attached hydrogens (tertiary/aromatic N) is 1. The summed E-state index contributed by atoms with van der Waals surface area (Å²) in [4.78, 5) is 5.68. The van der Waals surface area contributed by atoms with Gasteiger partial charge in [0.2, 0.25) is 0 Å². The van der Waals surface area contributed by atoms with Gasteiger partial charge in [-0.25, -0.2) is 0 Å².